The SMILES string of the molecule is CCCc1nc(CC(=O)N2CCCCC2)sc1C(=O)O. The highest BCUT2D eigenvalue weighted by Crippen LogP contribution is 2.21. The molecule has 2 rings (SSSR count). The molecule has 0 bridgehead atoms. The summed E-state index contributed by atoms with van der Waals surface area (Å²) in [7, 11) is 0. The van der Waals surface area contributed by atoms with E-state index in [4.69, 9.17) is 5.11 Å². The van der Waals surface area contributed by atoms with Crippen LogP contribution >= 0.6 is 11.3 Å². The number of nitrogens with zero attached hydrogens (tertiary/aromatic N) is 2. The van der Waals surface area contributed by atoms with Crippen LogP contribution in [0.1, 0.15) is 53.0 Å². The molecular formula is C14H20N2O3S. The molecule has 1 aliphatic heterocycles. The van der Waals surface area contributed by atoms with Crippen molar-refractivity contribution in [3.05, 3.63) is 15.6 Å². The molecule has 2 heterocycles. The van der Waals surface area contributed by atoms with Crippen molar-refractivity contribution >= 4 is 23.2 Å². The van der Waals surface area contributed by atoms with Crippen molar-refractivity contribution in [3.63, 3.8) is 0 Å². The van der Waals surface area contributed by atoms with Crippen LogP contribution in [0.2, 0.25) is 0 Å². The van der Waals surface area contributed by atoms with E-state index in [9.17, 15) is 9.59 Å². The molecule has 1 aliphatic rings. The molecule has 0 aromatic carbocycles. The summed E-state index contributed by atoms with van der Waals surface area (Å²) in [6.07, 6.45) is 5.04. The Balaban J connectivity index is 2.06. The first kappa shape index (κ1) is 15.0. The first-order valence-electron chi connectivity index (χ1n) is 7.11. The standard InChI is InChI=1S/C14H20N2O3S/c1-2-6-10-13(14(18)19)20-11(15-10)9-12(17)16-7-4-3-5-8-16/h2-9H2,1H3,(H,18,19). The minimum absolute atomic E-state index is 0.0680. The van der Waals surface area contributed by atoms with Crippen LogP contribution in [0.3, 0.4) is 0 Å². The summed E-state index contributed by atoms with van der Waals surface area (Å²) in [5.41, 5.74) is 0.617. The van der Waals surface area contributed by atoms with Crippen LogP contribution in [-0.2, 0) is 17.6 Å². The van der Waals surface area contributed by atoms with Crippen LogP contribution in [0.5, 0.6) is 0 Å². The maximum Gasteiger partial charge on any atom is 0.347 e. The van der Waals surface area contributed by atoms with Gasteiger partial charge in [0, 0.05) is 13.1 Å². The number of carboxylic acids is 1. The zero-order chi connectivity index (χ0) is 14.5. The van der Waals surface area contributed by atoms with Crippen LogP contribution in [0.4, 0.5) is 0 Å². The fourth-order valence-corrected chi connectivity index (χ4v) is 3.37. The van der Waals surface area contributed by atoms with Crippen molar-refractivity contribution in [2.75, 3.05) is 13.1 Å². The van der Waals surface area contributed by atoms with Crippen LogP contribution in [0.25, 0.3) is 0 Å². The molecule has 5 nitrogen and oxygen atoms in total. The second-order valence-corrected chi connectivity index (χ2v) is 6.14. The van der Waals surface area contributed by atoms with Crippen molar-refractivity contribution in [1.29, 1.82) is 0 Å². The number of thiazole rings is 1. The van der Waals surface area contributed by atoms with Crippen molar-refractivity contribution in [1.82, 2.24) is 9.88 Å². The summed E-state index contributed by atoms with van der Waals surface area (Å²) in [6.45, 7) is 3.62. The highest BCUT2D eigenvalue weighted by molar-refractivity contribution is 7.13. The molecular weight excluding hydrogens is 276 g/mol. The largest absolute Gasteiger partial charge is 0.477 e. The summed E-state index contributed by atoms with van der Waals surface area (Å²) in [4.78, 5) is 29.8. The zero-order valence-electron chi connectivity index (χ0n) is 11.7. The summed E-state index contributed by atoms with van der Waals surface area (Å²) in [5, 5.41) is 9.79. The first-order chi connectivity index (χ1) is 9.61. The predicted molar refractivity (Wildman–Crippen MR) is 77.2 cm³/mol. The Kier molecular flexibility index (Phi) is 5.11. The molecule has 1 amide bonds. The Hall–Kier alpha value is -1.43. The van der Waals surface area contributed by atoms with Crippen LogP contribution < -0.4 is 0 Å². The molecule has 0 aliphatic carbocycles. The molecule has 1 aromatic rings. The molecule has 1 fully saturated rings. The molecule has 110 valence electrons. The van der Waals surface area contributed by atoms with Gasteiger partial charge in [0.2, 0.25) is 5.91 Å². The van der Waals surface area contributed by atoms with Gasteiger partial charge >= 0.3 is 5.97 Å². The second kappa shape index (κ2) is 6.83. The number of rotatable bonds is 5. The van der Waals surface area contributed by atoms with Crippen molar-refractivity contribution in [2.24, 2.45) is 0 Å². The van der Waals surface area contributed by atoms with E-state index in [1.54, 1.807) is 0 Å². The lowest BCUT2D eigenvalue weighted by molar-refractivity contribution is -0.131. The summed E-state index contributed by atoms with van der Waals surface area (Å²) in [6, 6.07) is 0. The normalized spacial score (nSPS) is 15.3. The molecule has 0 spiro atoms. The minimum Gasteiger partial charge on any atom is -0.477 e. The molecule has 20 heavy (non-hydrogen) atoms. The van der Waals surface area contributed by atoms with E-state index in [1.165, 1.54) is 6.42 Å². The smallest absolute Gasteiger partial charge is 0.347 e. The van der Waals surface area contributed by atoms with E-state index in [0.29, 0.717) is 17.1 Å². The summed E-state index contributed by atoms with van der Waals surface area (Å²) < 4.78 is 0. The Morgan fingerprint density at radius 2 is 2.00 bits per heavy atom. The lowest BCUT2D eigenvalue weighted by Gasteiger charge is -2.26. The maximum atomic E-state index is 12.2. The molecule has 0 atom stereocenters. The van der Waals surface area contributed by atoms with E-state index in [1.807, 2.05) is 11.8 Å². The van der Waals surface area contributed by atoms with Gasteiger partial charge in [-0.3, -0.25) is 4.79 Å². The third-order valence-electron chi connectivity index (χ3n) is 3.43. The highest BCUT2D eigenvalue weighted by Gasteiger charge is 2.21. The molecule has 0 unspecified atom stereocenters. The molecule has 0 radical (unpaired) electrons. The number of aromatic nitrogens is 1. The number of aromatic carboxylic acids is 1. The molecule has 0 saturated carbocycles. The minimum atomic E-state index is -0.942. The molecule has 1 aromatic heterocycles. The quantitative estimate of drug-likeness (QED) is 0.905. The van der Waals surface area contributed by atoms with Crippen molar-refractivity contribution in [3.8, 4) is 0 Å². The highest BCUT2D eigenvalue weighted by atomic mass is 32.1. The van der Waals surface area contributed by atoms with Gasteiger partial charge in [0.1, 0.15) is 9.88 Å². The average molecular weight is 296 g/mol. The molecule has 1 N–H and O–H groups in total. The number of hydrogen-bond donors (Lipinski definition) is 1. The first-order valence-corrected chi connectivity index (χ1v) is 7.93. The summed E-state index contributed by atoms with van der Waals surface area (Å²) in [5.74, 6) is -0.874. The van der Waals surface area contributed by atoms with Gasteiger partial charge in [0.05, 0.1) is 12.1 Å². The summed E-state index contributed by atoms with van der Waals surface area (Å²) >= 11 is 1.14. The van der Waals surface area contributed by atoms with Gasteiger partial charge in [-0.2, -0.15) is 0 Å². The third-order valence-corrected chi connectivity index (χ3v) is 4.52. The fraction of sp³-hybridized carbons (Fsp3) is 0.643. The zero-order valence-corrected chi connectivity index (χ0v) is 12.5. The monoisotopic (exact) mass is 296 g/mol. The second-order valence-electron chi connectivity index (χ2n) is 5.06. The van der Waals surface area contributed by atoms with Gasteiger partial charge in [-0.1, -0.05) is 13.3 Å². The predicted octanol–water partition coefficient (Wildman–Crippen LogP) is 2.35. The van der Waals surface area contributed by atoms with Crippen molar-refractivity contribution < 1.29 is 14.7 Å². The molecule has 1 saturated heterocycles. The number of amides is 1. The van der Waals surface area contributed by atoms with E-state index < -0.39 is 5.97 Å². The van der Waals surface area contributed by atoms with E-state index in [0.717, 1.165) is 43.7 Å². The number of likely N-dealkylation sites (tertiary alicyclic amines) is 1. The number of hydrogen-bond acceptors (Lipinski definition) is 4. The number of aryl methyl sites for hydroxylation is 1. The fourth-order valence-electron chi connectivity index (χ4n) is 2.43. The Bertz CT molecular complexity index is 493. The average Bonchev–Trinajstić information content (AvgIpc) is 2.83. The Morgan fingerprint density at radius 3 is 2.60 bits per heavy atom. The lowest BCUT2D eigenvalue weighted by Crippen LogP contribution is -2.36. The third kappa shape index (κ3) is 3.56. The van der Waals surface area contributed by atoms with Gasteiger partial charge in [-0.25, -0.2) is 9.78 Å². The lowest BCUT2D eigenvalue weighted by atomic mass is 10.1. The van der Waals surface area contributed by atoms with Gasteiger partial charge < -0.3 is 10.0 Å². The number of piperidine rings is 1. The number of carboxylic acid groups (broad SMARTS) is 1. The number of carbonyl (C=O) groups excluding carboxylic acids is 1. The van der Waals surface area contributed by atoms with Gasteiger partial charge in [0.15, 0.2) is 0 Å². The van der Waals surface area contributed by atoms with Gasteiger partial charge in [-0.05, 0) is 25.7 Å². The van der Waals surface area contributed by atoms with E-state index in [2.05, 4.69) is 4.98 Å². The van der Waals surface area contributed by atoms with Gasteiger partial charge in [-0.15, -0.1) is 11.3 Å². The van der Waals surface area contributed by atoms with E-state index >= 15 is 0 Å². The topological polar surface area (TPSA) is 70.5 Å². The van der Waals surface area contributed by atoms with Crippen LogP contribution in [0, 0.1) is 0 Å². The van der Waals surface area contributed by atoms with Crippen molar-refractivity contribution in [2.45, 2.75) is 45.4 Å². The maximum absolute atomic E-state index is 12.2. The molecule has 6 heteroatoms. The Morgan fingerprint density at radius 1 is 1.30 bits per heavy atom. The van der Waals surface area contributed by atoms with Gasteiger partial charge in [0.25, 0.3) is 0 Å². The van der Waals surface area contributed by atoms with Crippen LogP contribution in [0.15, 0.2) is 0 Å². The Labute approximate surface area is 122 Å². The van der Waals surface area contributed by atoms with E-state index in [-0.39, 0.29) is 17.2 Å². The number of carbonyl (C=O) groups is 2. The van der Waals surface area contributed by atoms with Crippen LogP contribution in [-0.4, -0.2) is 40.0 Å².